The minimum absolute atomic E-state index is 0.256. The molecule has 1 aliphatic rings. The number of ether oxygens (including phenoxy) is 1. The van der Waals surface area contributed by atoms with E-state index in [0.717, 1.165) is 12.3 Å². The van der Waals surface area contributed by atoms with Crippen LogP contribution in [0.2, 0.25) is 0 Å². The second kappa shape index (κ2) is 4.67. The van der Waals surface area contributed by atoms with Gasteiger partial charge in [0.25, 0.3) is 0 Å². The third kappa shape index (κ3) is 2.96. The highest BCUT2D eigenvalue weighted by Gasteiger charge is 2.13. The van der Waals surface area contributed by atoms with Crippen molar-refractivity contribution in [1.29, 1.82) is 0 Å². The molecule has 1 saturated heterocycles. The predicted octanol–water partition coefficient (Wildman–Crippen LogP) is 2.68. The number of nitrogens with zero attached hydrogens (tertiary/aromatic N) is 1. The fourth-order valence-corrected chi connectivity index (χ4v) is 1.74. The van der Waals surface area contributed by atoms with Crippen LogP contribution in [0.4, 0.5) is 0 Å². The first-order valence-electron chi connectivity index (χ1n) is 5.72. The van der Waals surface area contributed by atoms with Crippen molar-refractivity contribution in [1.82, 2.24) is 4.90 Å². The molecule has 15 heavy (non-hydrogen) atoms. The van der Waals surface area contributed by atoms with E-state index in [0.29, 0.717) is 0 Å². The van der Waals surface area contributed by atoms with Gasteiger partial charge in [0.05, 0.1) is 6.10 Å². The monoisotopic (exact) mass is 205 g/mol. The van der Waals surface area contributed by atoms with Crippen LogP contribution in [0.1, 0.15) is 25.8 Å². The Balaban J connectivity index is 1.91. The van der Waals surface area contributed by atoms with E-state index in [1.165, 1.54) is 25.1 Å². The van der Waals surface area contributed by atoms with Crippen molar-refractivity contribution in [2.45, 2.75) is 32.9 Å². The average molecular weight is 205 g/mol. The molecule has 1 aromatic rings. The lowest BCUT2D eigenvalue weighted by atomic mass is 10.1. The maximum Gasteiger partial charge on any atom is 0.119 e. The third-order valence-electron chi connectivity index (χ3n) is 2.65. The van der Waals surface area contributed by atoms with Crippen molar-refractivity contribution in [3.05, 3.63) is 29.8 Å². The molecule has 0 unspecified atom stereocenters. The largest absolute Gasteiger partial charge is 0.491 e. The summed E-state index contributed by atoms with van der Waals surface area (Å²) in [4.78, 5) is 2.46. The molecule has 2 heteroatoms. The number of hydrogen-bond acceptors (Lipinski definition) is 2. The average Bonchev–Trinajstić information content (AvgIpc) is 2.13. The van der Waals surface area contributed by atoms with Crippen molar-refractivity contribution in [2.75, 3.05) is 13.1 Å². The zero-order valence-corrected chi connectivity index (χ0v) is 9.57. The van der Waals surface area contributed by atoms with Gasteiger partial charge in [0.15, 0.2) is 0 Å². The molecule has 0 spiro atoms. The highest BCUT2D eigenvalue weighted by Crippen LogP contribution is 2.17. The number of hydrogen-bond donors (Lipinski definition) is 0. The summed E-state index contributed by atoms with van der Waals surface area (Å²) in [5.74, 6) is 0.970. The first kappa shape index (κ1) is 10.5. The first-order chi connectivity index (χ1) is 7.24. The van der Waals surface area contributed by atoms with Crippen LogP contribution in [0, 0.1) is 0 Å². The van der Waals surface area contributed by atoms with Gasteiger partial charge in [-0.25, -0.2) is 0 Å². The molecule has 1 aromatic carbocycles. The van der Waals surface area contributed by atoms with Gasteiger partial charge in [0, 0.05) is 6.54 Å². The van der Waals surface area contributed by atoms with E-state index in [9.17, 15) is 0 Å². The Morgan fingerprint density at radius 2 is 1.87 bits per heavy atom. The summed E-state index contributed by atoms with van der Waals surface area (Å²) in [5, 5.41) is 0. The Bertz CT molecular complexity index is 301. The number of rotatable bonds is 4. The molecule has 2 rings (SSSR count). The van der Waals surface area contributed by atoms with Gasteiger partial charge in [0.2, 0.25) is 0 Å². The molecule has 1 heterocycles. The second-order valence-electron chi connectivity index (χ2n) is 4.44. The van der Waals surface area contributed by atoms with Crippen molar-refractivity contribution in [2.24, 2.45) is 0 Å². The Kier molecular flexibility index (Phi) is 3.27. The van der Waals surface area contributed by atoms with Crippen molar-refractivity contribution < 1.29 is 4.74 Å². The van der Waals surface area contributed by atoms with E-state index in [1.54, 1.807) is 0 Å². The summed E-state index contributed by atoms with van der Waals surface area (Å²) in [7, 11) is 0. The van der Waals surface area contributed by atoms with Crippen LogP contribution in [0.25, 0.3) is 0 Å². The van der Waals surface area contributed by atoms with Crippen LogP contribution < -0.4 is 4.74 Å². The zero-order chi connectivity index (χ0) is 10.7. The van der Waals surface area contributed by atoms with E-state index in [4.69, 9.17) is 4.74 Å². The Hall–Kier alpha value is -1.02. The van der Waals surface area contributed by atoms with Gasteiger partial charge < -0.3 is 4.74 Å². The Morgan fingerprint density at radius 3 is 2.33 bits per heavy atom. The molecule has 0 amide bonds. The molecule has 1 aliphatic heterocycles. The van der Waals surface area contributed by atoms with Crippen LogP contribution in [0.5, 0.6) is 5.75 Å². The van der Waals surface area contributed by atoms with Crippen molar-refractivity contribution >= 4 is 0 Å². The summed E-state index contributed by atoms with van der Waals surface area (Å²) in [6.45, 7) is 7.69. The van der Waals surface area contributed by atoms with E-state index in [-0.39, 0.29) is 6.10 Å². The molecule has 1 fully saturated rings. The molecule has 0 atom stereocenters. The molecule has 0 N–H and O–H groups in total. The number of benzene rings is 1. The van der Waals surface area contributed by atoms with Gasteiger partial charge >= 0.3 is 0 Å². The van der Waals surface area contributed by atoms with Crippen LogP contribution >= 0.6 is 0 Å². The van der Waals surface area contributed by atoms with E-state index < -0.39 is 0 Å². The van der Waals surface area contributed by atoms with E-state index in [1.807, 2.05) is 13.8 Å². The predicted molar refractivity (Wildman–Crippen MR) is 62.1 cm³/mol. The second-order valence-corrected chi connectivity index (χ2v) is 4.44. The summed E-state index contributed by atoms with van der Waals surface area (Å²) in [6, 6.07) is 8.45. The fourth-order valence-electron chi connectivity index (χ4n) is 1.74. The normalized spacial score (nSPS) is 16.5. The maximum atomic E-state index is 5.60. The van der Waals surface area contributed by atoms with Gasteiger partial charge in [-0.2, -0.15) is 0 Å². The van der Waals surface area contributed by atoms with Crippen LogP contribution in [-0.2, 0) is 6.54 Å². The smallest absolute Gasteiger partial charge is 0.119 e. The lowest BCUT2D eigenvalue weighted by Gasteiger charge is -2.30. The van der Waals surface area contributed by atoms with Gasteiger partial charge in [0.1, 0.15) is 5.75 Å². The first-order valence-corrected chi connectivity index (χ1v) is 5.72. The van der Waals surface area contributed by atoms with E-state index in [2.05, 4.69) is 29.2 Å². The molecule has 0 saturated carbocycles. The molecular formula is C13H19NO. The number of likely N-dealkylation sites (tertiary alicyclic amines) is 1. The SMILES string of the molecule is CC(C)Oc1ccc(CN2CCC2)cc1. The highest BCUT2D eigenvalue weighted by atomic mass is 16.5. The molecule has 0 aliphatic carbocycles. The fraction of sp³-hybridized carbons (Fsp3) is 0.538. The highest BCUT2D eigenvalue weighted by molar-refractivity contribution is 5.27. The molecule has 0 radical (unpaired) electrons. The van der Waals surface area contributed by atoms with Gasteiger partial charge in [-0.1, -0.05) is 12.1 Å². The van der Waals surface area contributed by atoms with Gasteiger partial charge in [-0.3, -0.25) is 4.90 Å². The molecule has 0 bridgehead atoms. The standard InChI is InChI=1S/C13H19NO/c1-11(2)15-13-6-4-12(5-7-13)10-14-8-3-9-14/h4-7,11H,3,8-10H2,1-2H3. The summed E-state index contributed by atoms with van der Waals surface area (Å²) >= 11 is 0. The van der Waals surface area contributed by atoms with Gasteiger partial charge in [-0.05, 0) is 51.1 Å². The third-order valence-corrected chi connectivity index (χ3v) is 2.65. The van der Waals surface area contributed by atoms with Crippen LogP contribution in [0.3, 0.4) is 0 Å². The lowest BCUT2D eigenvalue weighted by molar-refractivity contribution is 0.172. The topological polar surface area (TPSA) is 12.5 Å². The maximum absolute atomic E-state index is 5.60. The van der Waals surface area contributed by atoms with Crippen LogP contribution in [-0.4, -0.2) is 24.1 Å². The minimum Gasteiger partial charge on any atom is -0.491 e. The Morgan fingerprint density at radius 1 is 1.20 bits per heavy atom. The molecule has 2 nitrogen and oxygen atoms in total. The molecular weight excluding hydrogens is 186 g/mol. The molecule has 82 valence electrons. The van der Waals surface area contributed by atoms with Crippen molar-refractivity contribution in [3.8, 4) is 5.75 Å². The zero-order valence-electron chi connectivity index (χ0n) is 9.57. The quantitative estimate of drug-likeness (QED) is 0.749. The van der Waals surface area contributed by atoms with E-state index >= 15 is 0 Å². The summed E-state index contributed by atoms with van der Waals surface area (Å²) in [5.41, 5.74) is 1.38. The van der Waals surface area contributed by atoms with Gasteiger partial charge in [-0.15, -0.1) is 0 Å². The van der Waals surface area contributed by atoms with Crippen LogP contribution in [0.15, 0.2) is 24.3 Å². The van der Waals surface area contributed by atoms with Crippen molar-refractivity contribution in [3.63, 3.8) is 0 Å². The lowest BCUT2D eigenvalue weighted by Crippen LogP contribution is -2.36. The molecule has 0 aromatic heterocycles. The minimum atomic E-state index is 0.256. The summed E-state index contributed by atoms with van der Waals surface area (Å²) < 4.78 is 5.60. The Labute approximate surface area is 91.9 Å². The summed E-state index contributed by atoms with van der Waals surface area (Å²) in [6.07, 6.45) is 1.61.